The van der Waals surface area contributed by atoms with Crippen molar-refractivity contribution in [2.75, 3.05) is 0 Å². The van der Waals surface area contributed by atoms with E-state index in [-0.39, 0.29) is 10.8 Å². The molecule has 1 aliphatic carbocycles. The third-order valence-corrected chi connectivity index (χ3v) is 3.68. The summed E-state index contributed by atoms with van der Waals surface area (Å²) < 4.78 is 25.9. The maximum atomic E-state index is 13.0. The van der Waals surface area contributed by atoms with Crippen LogP contribution in [0.25, 0.3) is 0 Å². The molecule has 1 aromatic carbocycles. The van der Waals surface area contributed by atoms with Crippen LogP contribution in [-0.2, 0) is 6.42 Å². The van der Waals surface area contributed by atoms with Crippen molar-refractivity contribution in [1.82, 2.24) is 0 Å². The Morgan fingerprint density at radius 1 is 1.27 bits per heavy atom. The molecule has 0 N–H and O–H groups in total. The van der Waals surface area contributed by atoms with Gasteiger partial charge in [-0.15, -0.1) is 11.6 Å². The van der Waals surface area contributed by atoms with E-state index < -0.39 is 11.6 Å². The number of alkyl halides is 1. The molecule has 0 aromatic heterocycles. The first-order valence-corrected chi connectivity index (χ1v) is 5.54. The number of rotatable bonds is 3. The highest BCUT2D eigenvalue weighted by molar-refractivity contribution is 6.21. The lowest BCUT2D eigenvalue weighted by atomic mass is 9.93. The Morgan fingerprint density at radius 2 is 1.80 bits per heavy atom. The lowest BCUT2D eigenvalue weighted by Crippen LogP contribution is -2.15. The molecule has 0 bridgehead atoms. The average Bonchev–Trinajstić information content (AvgIpc) is 2.83. The van der Waals surface area contributed by atoms with Crippen LogP contribution in [0.5, 0.6) is 0 Å². The predicted molar refractivity (Wildman–Crippen MR) is 57.0 cm³/mol. The van der Waals surface area contributed by atoms with Gasteiger partial charge >= 0.3 is 0 Å². The van der Waals surface area contributed by atoms with Crippen LogP contribution in [0, 0.1) is 17.0 Å². The van der Waals surface area contributed by atoms with Crippen LogP contribution in [0.15, 0.2) is 18.2 Å². The molecule has 0 nitrogen and oxygen atoms in total. The first kappa shape index (κ1) is 10.9. The molecule has 82 valence electrons. The van der Waals surface area contributed by atoms with Crippen LogP contribution < -0.4 is 0 Å². The molecule has 1 atom stereocenters. The van der Waals surface area contributed by atoms with E-state index in [4.69, 9.17) is 11.6 Å². The van der Waals surface area contributed by atoms with Crippen molar-refractivity contribution < 1.29 is 8.78 Å². The Kier molecular flexibility index (Phi) is 2.72. The molecule has 0 saturated heterocycles. The van der Waals surface area contributed by atoms with E-state index in [0.29, 0.717) is 12.0 Å². The van der Waals surface area contributed by atoms with Crippen molar-refractivity contribution in [3.63, 3.8) is 0 Å². The number of halogens is 3. The van der Waals surface area contributed by atoms with Gasteiger partial charge in [-0.05, 0) is 49.3 Å². The van der Waals surface area contributed by atoms with E-state index in [0.717, 1.165) is 18.9 Å². The minimum atomic E-state index is -0.511. The van der Waals surface area contributed by atoms with E-state index in [1.54, 1.807) is 0 Å². The molecule has 1 fully saturated rings. The van der Waals surface area contributed by atoms with Gasteiger partial charge in [0.05, 0.1) is 0 Å². The van der Waals surface area contributed by atoms with Crippen molar-refractivity contribution in [1.29, 1.82) is 0 Å². The third-order valence-electron chi connectivity index (χ3n) is 3.21. The summed E-state index contributed by atoms with van der Waals surface area (Å²) in [7, 11) is 0. The van der Waals surface area contributed by atoms with Crippen LogP contribution in [-0.4, -0.2) is 5.38 Å². The highest BCUT2D eigenvalue weighted by Gasteiger charge is 2.46. The largest absolute Gasteiger partial charge is 0.207 e. The normalized spacial score (nSPS) is 20.0. The minimum absolute atomic E-state index is 0.0591. The summed E-state index contributed by atoms with van der Waals surface area (Å²) in [4.78, 5) is 0. The number of hydrogen-bond donors (Lipinski definition) is 0. The molecule has 0 heterocycles. The standard InChI is InChI=1S/C12H13ClF2/c1-8(13)12(2-3-12)7-9-4-10(14)6-11(15)5-9/h4-6,8H,2-3,7H2,1H3. The van der Waals surface area contributed by atoms with Crippen LogP contribution in [0.2, 0.25) is 0 Å². The summed E-state index contributed by atoms with van der Waals surface area (Å²) in [6.45, 7) is 1.95. The second-order valence-electron chi connectivity index (χ2n) is 4.43. The maximum Gasteiger partial charge on any atom is 0.126 e. The van der Waals surface area contributed by atoms with Gasteiger partial charge in [0.15, 0.2) is 0 Å². The molecule has 0 amide bonds. The predicted octanol–water partition coefficient (Wildman–Crippen LogP) is 3.91. The van der Waals surface area contributed by atoms with Crippen molar-refractivity contribution in [2.45, 2.75) is 31.6 Å². The fourth-order valence-corrected chi connectivity index (χ4v) is 2.29. The van der Waals surface area contributed by atoms with Crippen molar-refractivity contribution in [3.05, 3.63) is 35.4 Å². The summed E-state index contributed by atoms with van der Waals surface area (Å²) in [5, 5.41) is 0.0591. The molecular weight excluding hydrogens is 218 g/mol. The molecule has 1 aromatic rings. The van der Waals surface area contributed by atoms with Crippen molar-refractivity contribution >= 4 is 11.6 Å². The molecule has 1 unspecified atom stereocenters. The van der Waals surface area contributed by atoms with Gasteiger partial charge in [0, 0.05) is 11.4 Å². The molecule has 3 heteroatoms. The summed E-state index contributed by atoms with van der Waals surface area (Å²) >= 11 is 6.07. The van der Waals surface area contributed by atoms with Crippen molar-refractivity contribution in [3.8, 4) is 0 Å². The second kappa shape index (κ2) is 3.75. The summed E-state index contributed by atoms with van der Waals surface area (Å²) in [6.07, 6.45) is 2.78. The van der Waals surface area contributed by atoms with Gasteiger partial charge in [0.1, 0.15) is 11.6 Å². The SMILES string of the molecule is CC(Cl)C1(Cc2cc(F)cc(F)c2)CC1. The number of benzene rings is 1. The van der Waals surface area contributed by atoms with Gasteiger partial charge in [-0.25, -0.2) is 8.78 Å². The first-order chi connectivity index (χ1) is 7.02. The Hall–Kier alpha value is -0.630. The molecule has 15 heavy (non-hydrogen) atoms. The zero-order valence-electron chi connectivity index (χ0n) is 8.56. The summed E-state index contributed by atoms with van der Waals surface area (Å²) in [6, 6.07) is 3.68. The smallest absolute Gasteiger partial charge is 0.126 e. The van der Waals surface area contributed by atoms with E-state index in [2.05, 4.69) is 0 Å². The van der Waals surface area contributed by atoms with E-state index in [1.807, 2.05) is 6.92 Å². The van der Waals surface area contributed by atoms with Crippen LogP contribution in [0.3, 0.4) is 0 Å². The molecule has 1 aliphatic rings. The lowest BCUT2D eigenvalue weighted by molar-refractivity contribution is 0.491. The Bertz CT molecular complexity index is 350. The second-order valence-corrected chi connectivity index (χ2v) is 5.09. The average molecular weight is 231 g/mol. The van der Waals surface area contributed by atoms with Crippen LogP contribution in [0.4, 0.5) is 8.78 Å². The first-order valence-electron chi connectivity index (χ1n) is 5.11. The van der Waals surface area contributed by atoms with E-state index >= 15 is 0 Å². The van der Waals surface area contributed by atoms with Gasteiger partial charge in [-0.2, -0.15) is 0 Å². The molecule has 0 radical (unpaired) electrons. The van der Waals surface area contributed by atoms with Crippen LogP contribution in [0.1, 0.15) is 25.3 Å². The Labute approximate surface area is 93.2 Å². The monoisotopic (exact) mass is 230 g/mol. The summed E-state index contributed by atoms with van der Waals surface area (Å²) in [5.41, 5.74) is 0.777. The fourth-order valence-electron chi connectivity index (χ4n) is 2.00. The highest BCUT2D eigenvalue weighted by Crippen LogP contribution is 2.53. The molecule has 0 aliphatic heterocycles. The van der Waals surface area contributed by atoms with Crippen molar-refractivity contribution in [2.24, 2.45) is 5.41 Å². The third kappa shape index (κ3) is 2.31. The molecule has 2 rings (SSSR count). The van der Waals surface area contributed by atoms with E-state index in [1.165, 1.54) is 12.1 Å². The summed E-state index contributed by atoms with van der Waals surface area (Å²) in [5.74, 6) is -1.02. The van der Waals surface area contributed by atoms with Gasteiger partial charge in [-0.1, -0.05) is 0 Å². The molecular formula is C12H13ClF2. The quantitative estimate of drug-likeness (QED) is 0.691. The molecule has 0 spiro atoms. The van der Waals surface area contributed by atoms with Crippen LogP contribution >= 0.6 is 11.6 Å². The van der Waals surface area contributed by atoms with Gasteiger partial charge < -0.3 is 0 Å². The Balaban J connectivity index is 2.17. The van der Waals surface area contributed by atoms with Gasteiger partial charge in [-0.3, -0.25) is 0 Å². The lowest BCUT2D eigenvalue weighted by Gasteiger charge is -2.17. The van der Waals surface area contributed by atoms with E-state index in [9.17, 15) is 8.78 Å². The highest BCUT2D eigenvalue weighted by atomic mass is 35.5. The Morgan fingerprint density at radius 3 is 2.20 bits per heavy atom. The maximum absolute atomic E-state index is 13.0. The zero-order chi connectivity index (χ0) is 11.1. The number of hydrogen-bond acceptors (Lipinski definition) is 0. The van der Waals surface area contributed by atoms with Gasteiger partial charge in [0.2, 0.25) is 0 Å². The minimum Gasteiger partial charge on any atom is -0.207 e. The topological polar surface area (TPSA) is 0 Å². The zero-order valence-corrected chi connectivity index (χ0v) is 9.32. The molecule has 1 saturated carbocycles. The van der Waals surface area contributed by atoms with Gasteiger partial charge in [0.25, 0.3) is 0 Å². The fraction of sp³-hybridized carbons (Fsp3) is 0.500.